The van der Waals surface area contributed by atoms with E-state index < -0.39 is 0 Å². The van der Waals surface area contributed by atoms with E-state index in [9.17, 15) is 0 Å². The standard InChI is InChI=1S/C23H22OS/c1-2-24-19-14-12-17(13-15-19)16-21-20-10-6-7-11-22(20)25-23(21)18-8-4-3-5-9-18/h3-15,21,23H,2,16H2,1H3. The fourth-order valence-corrected chi connectivity index (χ4v) is 5.07. The van der Waals surface area contributed by atoms with E-state index in [0.29, 0.717) is 17.8 Å². The highest BCUT2D eigenvalue weighted by Gasteiger charge is 2.34. The van der Waals surface area contributed by atoms with Crippen LogP contribution < -0.4 is 4.74 Å². The van der Waals surface area contributed by atoms with Gasteiger partial charge in [0.05, 0.1) is 6.61 Å². The highest BCUT2D eigenvalue weighted by Crippen LogP contribution is 2.55. The fourth-order valence-electron chi connectivity index (χ4n) is 3.58. The molecule has 0 fully saturated rings. The molecule has 3 aromatic rings. The summed E-state index contributed by atoms with van der Waals surface area (Å²) < 4.78 is 5.57. The van der Waals surface area contributed by atoms with Crippen molar-refractivity contribution < 1.29 is 4.74 Å². The molecule has 1 aliphatic heterocycles. The average molecular weight is 346 g/mol. The first-order valence-electron chi connectivity index (χ1n) is 8.87. The molecular formula is C23H22OS. The van der Waals surface area contributed by atoms with Crippen LogP contribution in [0.4, 0.5) is 0 Å². The van der Waals surface area contributed by atoms with Crippen LogP contribution in [0, 0.1) is 0 Å². The van der Waals surface area contributed by atoms with Gasteiger partial charge in [0.15, 0.2) is 0 Å². The highest BCUT2D eigenvalue weighted by atomic mass is 32.2. The lowest BCUT2D eigenvalue weighted by Crippen LogP contribution is -2.07. The van der Waals surface area contributed by atoms with Crippen LogP contribution in [0.2, 0.25) is 0 Å². The third-order valence-electron chi connectivity index (χ3n) is 4.76. The van der Waals surface area contributed by atoms with Crippen molar-refractivity contribution in [3.05, 3.63) is 95.6 Å². The van der Waals surface area contributed by atoms with Gasteiger partial charge in [0.25, 0.3) is 0 Å². The largest absolute Gasteiger partial charge is 0.494 e. The Labute approximate surface area is 154 Å². The summed E-state index contributed by atoms with van der Waals surface area (Å²) in [6.07, 6.45) is 1.05. The van der Waals surface area contributed by atoms with Crippen LogP contribution >= 0.6 is 11.8 Å². The molecule has 1 aliphatic rings. The van der Waals surface area contributed by atoms with E-state index in [2.05, 4.69) is 78.9 Å². The summed E-state index contributed by atoms with van der Waals surface area (Å²) >= 11 is 2.00. The molecule has 126 valence electrons. The van der Waals surface area contributed by atoms with Gasteiger partial charge in [0.1, 0.15) is 5.75 Å². The molecule has 0 radical (unpaired) electrons. The van der Waals surface area contributed by atoms with Gasteiger partial charge in [-0.2, -0.15) is 0 Å². The van der Waals surface area contributed by atoms with Crippen LogP contribution in [0.5, 0.6) is 5.75 Å². The maximum absolute atomic E-state index is 5.57. The first kappa shape index (κ1) is 16.3. The number of thioether (sulfide) groups is 1. The zero-order valence-corrected chi connectivity index (χ0v) is 15.2. The lowest BCUT2D eigenvalue weighted by atomic mass is 9.86. The molecule has 25 heavy (non-hydrogen) atoms. The molecule has 2 heteroatoms. The van der Waals surface area contributed by atoms with Crippen LogP contribution in [-0.4, -0.2) is 6.61 Å². The normalized spacial score (nSPS) is 18.8. The molecule has 1 heterocycles. The zero-order chi connectivity index (χ0) is 17.1. The second kappa shape index (κ2) is 7.37. The van der Waals surface area contributed by atoms with Crippen LogP contribution in [0.25, 0.3) is 0 Å². The maximum atomic E-state index is 5.57. The van der Waals surface area contributed by atoms with Crippen molar-refractivity contribution in [2.45, 2.75) is 29.4 Å². The lowest BCUT2D eigenvalue weighted by molar-refractivity contribution is 0.340. The number of hydrogen-bond donors (Lipinski definition) is 0. The minimum Gasteiger partial charge on any atom is -0.494 e. The Morgan fingerprint density at radius 1 is 0.840 bits per heavy atom. The monoisotopic (exact) mass is 346 g/mol. The van der Waals surface area contributed by atoms with Crippen molar-refractivity contribution in [3.63, 3.8) is 0 Å². The van der Waals surface area contributed by atoms with Gasteiger partial charge in [-0.3, -0.25) is 0 Å². The maximum Gasteiger partial charge on any atom is 0.119 e. The van der Waals surface area contributed by atoms with Gasteiger partial charge in [0, 0.05) is 16.1 Å². The Morgan fingerprint density at radius 3 is 2.32 bits per heavy atom. The Kier molecular flexibility index (Phi) is 4.80. The first-order valence-corrected chi connectivity index (χ1v) is 9.75. The second-order valence-electron chi connectivity index (χ2n) is 6.37. The third kappa shape index (κ3) is 3.45. The molecule has 0 spiro atoms. The molecule has 0 aliphatic carbocycles. The summed E-state index contributed by atoms with van der Waals surface area (Å²) in [4.78, 5) is 1.42. The Morgan fingerprint density at radius 2 is 1.56 bits per heavy atom. The Balaban J connectivity index is 1.64. The molecule has 2 unspecified atom stereocenters. The number of ether oxygens (including phenoxy) is 1. The number of fused-ring (bicyclic) bond motifs is 1. The predicted molar refractivity (Wildman–Crippen MR) is 106 cm³/mol. The molecule has 0 amide bonds. The van der Waals surface area contributed by atoms with Gasteiger partial charge in [-0.05, 0) is 48.2 Å². The first-order chi connectivity index (χ1) is 12.3. The topological polar surface area (TPSA) is 9.23 Å². The fraction of sp³-hybridized carbons (Fsp3) is 0.217. The molecule has 0 saturated heterocycles. The number of hydrogen-bond acceptors (Lipinski definition) is 2. The van der Waals surface area contributed by atoms with Crippen molar-refractivity contribution in [2.75, 3.05) is 6.61 Å². The van der Waals surface area contributed by atoms with Gasteiger partial charge in [0.2, 0.25) is 0 Å². The van der Waals surface area contributed by atoms with E-state index in [-0.39, 0.29) is 0 Å². The summed E-state index contributed by atoms with van der Waals surface area (Å²) in [5.41, 5.74) is 4.27. The van der Waals surface area contributed by atoms with Gasteiger partial charge >= 0.3 is 0 Å². The van der Waals surface area contributed by atoms with Crippen molar-refractivity contribution in [3.8, 4) is 5.75 Å². The number of rotatable bonds is 5. The van der Waals surface area contributed by atoms with E-state index in [1.165, 1.54) is 21.6 Å². The van der Waals surface area contributed by atoms with Gasteiger partial charge < -0.3 is 4.74 Å². The van der Waals surface area contributed by atoms with Gasteiger partial charge in [-0.25, -0.2) is 0 Å². The molecule has 0 saturated carbocycles. The molecule has 3 aromatic carbocycles. The predicted octanol–water partition coefficient (Wildman–Crippen LogP) is 6.26. The van der Waals surface area contributed by atoms with E-state index in [4.69, 9.17) is 4.74 Å². The lowest BCUT2D eigenvalue weighted by Gasteiger charge is -2.20. The van der Waals surface area contributed by atoms with Crippen LogP contribution in [0.3, 0.4) is 0 Å². The summed E-state index contributed by atoms with van der Waals surface area (Å²) in [5, 5.41) is 0.477. The number of benzene rings is 3. The minimum atomic E-state index is 0.477. The Hall–Kier alpha value is -2.19. The summed E-state index contributed by atoms with van der Waals surface area (Å²) in [6.45, 7) is 2.73. The molecule has 4 rings (SSSR count). The van der Waals surface area contributed by atoms with Crippen LogP contribution in [-0.2, 0) is 6.42 Å². The summed E-state index contributed by atoms with van der Waals surface area (Å²) in [6, 6.07) is 28.4. The molecule has 2 atom stereocenters. The smallest absolute Gasteiger partial charge is 0.119 e. The molecule has 0 N–H and O–H groups in total. The highest BCUT2D eigenvalue weighted by molar-refractivity contribution is 8.00. The van der Waals surface area contributed by atoms with Crippen molar-refractivity contribution >= 4 is 11.8 Å². The van der Waals surface area contributed by atoms with E-state index in [1.807, 2.05) is 18.7 Å². The SMILES string of the molecule is CCOc1ccc(CC2c3ccccc3SC2c2ccccc2)cc1. The van der Waals surface area contributed by atoms with Crippen molar-refractivity contribution in [1.82, 2.24) is 0 Å². The molecular weight excluding hydrogens is 324 g/mol. The summed E-state index contributed by atoms with van der Waals surface area (Å²) in [5.74, 6) is 1.45. The second-order valence-corrected chi connectivity index (χ2v) is 7.56. The van der Waals surface area contributed by atoms with E-state index in [1.54, 1.807) is 0 Å². The molecule has 0 aromatic heterocycles. The van der Waals surface area contributed by atoms with Crippen LogP contribution in [0.15, 0.2) is 83.8 Å². The third-order valence-corrected chi connectivity index (χ3v) is 6.24. The molecule has 0 bridgehead atoms. The van der Waals surface area contributed by atoms with E-state index in [0.717, 1.165) is 12.2 Å². The van der Waals surface area contributed by atoms with Gasteiger partial charge in [-0.1, -0.05) is 60.7 Å². The van der Waals surface area contributed by atoms with Crippen LogP contribution in [0.1, 0.15) is 34.8 Å². The summed E-state index contributed by atoms with van der Waals surface area (Å²) in [7, 11) is 0. The Bertz CT molecular complexity index is 826. The quantitative estimate of drug-likeness (QED) is 0.539. The van der Waals surface area contributed by atoms with E-state index >= 15 is 0 Å². The van der Waals surface area contributed by atoms with Crippen molar-refractivity contribution in [1.29, 1.82) is 0 Å². The van der Waals surface area contributed by atoms with Gasteiger partial charge in [-0.15, -0.1) is 11.8 Å². The molecule has 1 nitrogen and oxygen atoms in total. The average Bonchev–Trinajstić information content (AvgIpc) is 3.03. The van der Waals surface area contributed by atoms with Crippen molar-refractivity contribution in [2.24, 2.45) is 0 Å². The minimum absolute atomic E-state index is 0.477. The zero-order valence-electron chi connectivity index (χ0n) is 14.4.